The van der Waals surface area contributed by atoms with Crippen molar-refractivity contribution in [2.24, 2.45) is 0 Å². The van der Waals surface area contributed by atoms with E-state index in [1.807, 2.05) is 25.1 Å². The molecule has 2 aromatic rings. The molecular weight excluding hydrogens is 284 g/mol. The summed E-state index contributed by atoms with van der Waals surface area (Å²) in [7, 11) is 0. The Balaban J connectivity index is 2.10. The minimum Gasteiger partial charge on any atom is -0.399 e. The number of carbonyl (C=O) groups excluding carboxylic acids is 1. The Kier molecular flexibility index (Phi) is 5.23. The number of anilines is 1. The molecule has 1 amide bonds. The predicted molar refractivity (Wildman–Crippen MR) is 87.6 cm³/mol. The smallest absolute Gasteiger partial charge is 0.255 e. The fourth-order valence-electron chi connectivity index (χ4n) is 2.19. The van der Waals surface area contributed by atoms with E-state index in [0.29, 0.717) is 29.4 Å². The molecule has 2 N–H and O–H groups in total. The number of nitrogens with two attached hydrogens (primary N) is 1. The standard InChI is InChI=1S/C17H19ClN2O/c1-2-20(11-10-13-6-4-3-5-7-13)17(21)15-12-14(19)8-9-16(15)18/h3-9,12H,2,10-11,19H2,1H3. The van der Waals surface area contributed by atoms with Gasteiger partial charge in [-0.1, -0.05) is 41.9 Å². The monoisotopic (exact) mass is 302 g/mol. The van der Waals surface area contributed by atoms with Crippen molar-refractivity contribution < 1.29 is 4.79 Å². The Hall–Kier alpha value is -2.00. The molecule has 3 nitrogen and oxygen atoms in total. The largest absolute Gasteiger partial charge is 0.399 e. The number of carbonyl (C=O) groups is 1. The van der Waals surface area contributed by atoms with Crippen molar-refractivity contribution in [3.8, 4) is 0 Å². The highest BCUT2D eigenvalue weighted by Gasteiger charge is 2.17. The second-order valence-electron chi connectivity index (χ2n) is 4.86. The second-order valence-corrected chi connectivity index (χ2v) is 5.27. The van der Waals surface area contributed by atoms with Crippen molar-refractivity contribution in [1.29, 1.82) is 0 Å². The molecule has 0 radical (unpaired) electrons. The lowest BCUT2D eigenvalue weighted by molar-refractivity contribution is 0.0766. The number of halogens is 1. The van der Waals surface area contributed by atoms with E-state index in [9.17, 15) is 4.79 Å². The Morgan fingerprint density at radius 3 is 2.57 bits per heavy atom. The first-order chi connectivity index (χ1) is 10.1. The van der Waals surface area contributed by atoms with E-state index in [-0.39, 0.29) is 5.91 Å². The lowest BCUT2D eigenvalue weighted by Gasteiger charge is -2.21. The molecule has 0 atom stereocenters. The zero-order chi connectivity index (χ0) is 15.2. The highest BCUT2D eigenvalue weighted by atomic mass is 35.5. The first-order valence-corrected chi connectivity index (χ1v) is 7.38. The summed E-state index contributed by atoms with van der Waals surface area (Å²) in [6.45, 7) is 3.25. The lowest BCUT2D eigenvalue weighted by atomic mass is 10.1. The molecule has 0 saturated heterocycles. The van der Waals surface area contributed by atoms with Gasteiger partial charge in [0.1, 0.15) is 0 Å². The number of nitrogen functional groups attached to an aromatic ring is 1. The summed E-state index contributed by atoms with van der Waals surface area (Å²) in [6, 6.07) is 15.1. The molecule has 21 heavy (non-hydrogen) atoms. The summed E-state index contributed by atoms with van der Waals surface area (Å²) >= 11 is 6.11. The Bertz CT molecular complexity index is 613. The molecule has 0 fully saturated rings. The van der Waals surface area contributed by atoms with Gasteiger partial charge < -0.3 is 10.6 Å². The Labute approximate surface area is 130 Å². The van der Waals surface area contributed by atoms with Crippen molar-refractivity contribution >= 4 is 23.2 Å². The van der Waals surface area contributed by atoms with Gasteiger partial charge in [-0.2, -0.15) is 0 Å². The van der Waals surface area contributed by atoms with E-state index in [4.69, 9.17) is 17.3 Å². The van der Waals surface area contributed by atoms with Crippen LogP contribution in [0.4, 0.5) is 5.69 Å². The molecular formula is C17H19ClN2O. The van der Waals surface area contributed by atoms with Crippen molar-refractivity contribution in [2.45, 2.75) is 13.3 Å². The van der Waals surface area contributed by atoms with Gasteiger partial charge in [-0.3, -0.25) is 4.79 Å². The minimum atomic E-state index is -0.0780. The van der Waals surface area contributed by atoms with Gasteiger partial charge in [0.15, 0.2) is 0 Å². The zero-order valence-corrected chi connectivity index (χ0v) is 12.8. The van der Waals surface area contributed by atoms with Crippen molar-refractivity contribution in [3.05, 3.63) is 64.7 Å². The number of rotatable bonds is 5. The molecule has 0 heterocycles. The number of benzene rings is 2. The van der Waals surface area contributed by atoms with E-state index in [1.165, 1.54) is 5.56 Å². The van der Waals surface area contributed by atoms with E-state index in [1.54, 1.807) is 23.1 Å². The van der Waals surface area contributed by atoms with Gasteiger partial charge in [-0.05, 0) is 37.1 Å². The maximum absolute atomic E-state index is 12.6. The topological polar surface area (TPSA) is 46.3 Å². The lowest BCUT2D eigenvalue weighted by Crippen LogP contribution is -2.33. The van der Waals surface area contributed by atoms with Crippen LogP contribution in [0.5, 0.6) is 0 Å². The van der Waals surface area contributed by atoms with Gasteiger partial charge in [0, 0.05) is 18.8 Å². The fraction of sp³-hybridized carbons (Fsp3) is 0.235. The zero-order valence-electron chi connectivity index (χ0n) is 12.1. The summed E-state index contributed by atoms with van der Waals surface area (Å²) in [5, 5.41) is 0.437. The molecule has 0 bridgehead atoms. The number of likely N-dealkylation sites (N-methyl/N-ethyl adjacent to an activating group) is 1. The summed E-state index contributed by atoms with van der Waals surface area (Å²) < 4.78 is 0. The van der Waals surface area contributed by atoms with Crippen LogP contribution < -0.4 is 5.73 Å². The van der Waals surface area contributed by atoms with Crippen LogP contribution in [0.2, 0.25) is 5.02 Å². The van der Waals surface area contributed by atoms with Crippen LogP contribution in [0.25, 0.3) is 0 Å². The Morgan fingerprint density at radius 1 is 1.19 bits per heavy atom. The highest BCUT2D eigenvalue weighted by molar-refractivity contribution is 6.34. The second kappa shape index (κ2) is 7.14. The fourth-order valence-corrected chi connectivity index (χ4v) is 2.39. The summed E-state index contributed by atoms with van der Waals surface area (Å²) in [6.07, 6.45) is 0.820. The molecule has 2 rings (SSSR count). The molecule has 0 aliphatic heterocycles. The number of hydrogen-bond donors (Lipinski definition) is 1. The van der Waals surface area contributed by atoms with Gasteiger partial charge >= 0.3 is 0 Å². The molecule has 110 valence electrons. The maximum atomic E-state index is 12.6. The van der Waals surface area contributed by atoms with Gasteiger partial charge in [-0.25, -0.2) is 0 Å². The van der Waals surface area contributed by atoms with Crippen LogP contribution in [0, 0.1) is 0 Å². The number of nitrogens with zero attached hydrogens (tertiary/aromatic N) is 1. The van der Waals surface area contributed by atoms with Crippen molar-refractivity contribution in [1.82, 2.24) is 4.90 Å². The van der Waals surface area contributed by atoms with E-state index >= 15 is 0 Å². The Morgan fingerprint density at radius 2 is 1.90 bits per heavy atom. The third-order valence-electron chi connectivity index (χ3n) is 3.40. The SMILES string of the molecule is CCN(CCc1ccccc1)C(=O)c1cc(N)ccc1Cl. The molecule has 0 unspecified atom stereocenters. The van der Waals surface area contributed by atoms with Crippen molar-refractivity contribution in [2.75, 3.05) is 18.8 Å². The van der Waals surface area contributed by atoms with Crippen LogP contribution >= 0.6 is 11.6 Å². The summed E-state index contributed by atoms with van der Waals surface area (Å²) in [5.41, 5.74) is 7.96. The molecule has 0 aromatic heterocycles. The van der Waals surface area contributed by atoms with Gasteiger partial charge in [0.05, 0.1) is 10.6 Å². The molecule has 0 saturated carbocycles. The molecule has 0 spiro atoms. The van der Waals surface area contributed by atoms with Gasteiger partial charge in [0.2, 0.25) is 0 Å². The van der Waals surface area contributed by atoms with Crippen LogP contribution in [0.3, 0.4) is 0 Å². The van der Waals surface area contributed by atoms with Crippen LogP contribution in [0.1, 0.15) is 22.8 Å². The van der Waals surface area contributed by atoms with Gasteiger partial charge in [0.25, 0.3) is 5.91 Å². The van der Waals surface area contributed by atoms with E-state index in [0.717, 1.165) is 6.42 Å². The normalized spacial score (nSPS) is 10.4. The maximum Gasteiger partial charge on any atom is 0.255 e. The van der Waals surface area contributed by atoms with Crippen LogP contribution in [-0.2, 0) is 6.42 Å². The first-order valence-electron chi connectivity index (χ1n) is 7.00. The third-order valence-corrected chi connectivity index (χ3v) is 3.73. The minimum absolute atomic E-state index is 0.0780. The average molecular weight is 303 g/mol. The summed E-state index contributed by atoms with van der Waals surface area (Å²) in [5.74, 6) is -0.0780. The highest BCUT2D eigenvalue weighted by Crippen LogP contribution is 2.20. The molecule has 0 aliphatic carbocycles. The van der Waals surface area contributed by atoms with Gasteiger partial charge in [-0.15, -0.1) is 0 Å². The first kappa shape index (κ1) is 15.4. The van der Waals surface area contributed by atoms with Crippen LogP contribution in [0.15, 0.2) is 48.5 Å². The van der Waals surface area contributed by atoms with Crippen LogP contribution in [-0.4, -0.2) is 23.9 Å². The number of amides is 1. The summed E-state index contributed by atoms with van der Waals surface area (Å²) in [4.78, 5) is 14.3. The quantitative estimate of drug-likeness (QED) is 0.857. The predicted octanol–water partition coefficient (Wildman–Crippen LogP) is 3.63. The van der Waals surface area contributed by atoms with E-state index < -0.39 is 0 Å². The molecule has 0 aliphatic rings. The van der Waals surface area contributed by atoms with E-state index in [2.05, 4.69) is 12.1 Å². The molecule has 4 heteroatoms. The van der Waals surface area contributed by atoms with Crippen molar-refractivity contribution in [3.63, 3.8) is 0 Å². The third kappa shape index (κ3) is 3.99. The average Bonchev–Trinajstić information content (AvgIpc) is 2.51. The molecule has 2 aromatic carbocycles. The number of hydrogen-bond acceptors (Lipinski definition) is 2.